The number of rotatable bonds is 4. The Morgan fingerprint density at radius 3 is 1.98 bits per heavy atom. The van der Waals surface area contributed by atoms with Crippen LogP contribution in [0.3, 0.4) is 0 Å². The molecule has 3 heteroatoms. The van der Waals surface area contributed by atoms with Crippen molar-refractivity contribution in [3.8, 4) is 44.8 Å². The zero-order chi connectivity index (χ0) is 30.4. The molecule has 0 aliphatic rings. The minimum Gasteiger partial charge on any atom is -0.305 e. The fourth-order valence-electron chi connectivity index (χ4n) is 5.75. The predicted molar refractivity (Wildman–Crippen MR) is 188 cm³/mol. The smallest absolute Gasteiger partial charge is 0.0196 e. The number of hydrogen-bond acceptors (Lipinski definition) is 2. The average molecular weight is 767 g/mol. The van der Waals surface area contributed by atoms with E-state index in [9.17, 15) is 0 Å². The fraction of sp³-hybridized carbons (Fsp3) is 0.0233. The Balaban J connectivity index is 0.000000241. The number of pyridine rings is 2. The Kier molecular flexibility index (Phi) is 9.55. The van der Waals surface area contributed by atoms with Crippen LogP contribution in [0.15, 0.2) is 164 Å². The van der Waals surface area contributed by atoms with Crippen molar-refractivity contribution in [1.82, 2.24) is 9.97 Å². The molecule has 0 aliphatic carbocycles. The molecule has 0 fully saturated rings. The van der Waals surface area contributed by atoms with E-state index < -0.39 is 0 Å². The van der Waals surface area contributed by atoms with Crippen LogP contribution in [0.25, 0.3) is 66.3 Å². The van der Waals surface area contributed by atoms with E-state index >= 15 is 0 Å². The molecule has 0 saturated carbocycles. The van der Waals surface area contributed by atoms with Gasteiger partial charge in [0.25, 0.3) is 0 Å². The van der Waals surface area contributed by atoms with Gasteiger partial charge in [-0.15, -0.1) is 71.3 Å². The van der Waals surface area contributed by atoms with E-state index in [2.05, 4.69) is 121 Å². The third-order valence-corrected chi connectivity index (χ3v) is 7.99. The van der Waals surface area contributed by atoms with Gasteiger partial charge in [-0.05, 0) is 74.2 Å². The van der Waals surface area contributed by atoms with Gasteiger partial charge in [0, 0.05) is 32.5 Å². The van der Waals surface area contributed by atoms with Crippen molar-refractivity contribution in [2.24, 2.45) is 0 Å². The molecule has 2 heterocycles. The Morgan fingerprint density at radius 2 is 1.20 bits per heavy atom. The second-order valence-electron chi connectivity index (χ2n) is 10.9. The van der Waals surface area contributed by atoms with Crippen molar-refractivity contribution in [3.63, 3.8) is 0 Å². The molecule has 0 bridgehead atoms. The Morgan fingerprint density at radius 1 is 0.478 bits per heavy atom. The van der Waals surface area contributed by atoms with Gasteiger partial charge in [0.15, 0.2) is 0 Å². The van der Waals surface area contributed by atoms with E-state index in [4.69, 9.17) is 4.98 Å². The summed E-state index contributed by atoms with van der Waals surface area (Å²) in [5.74, 6) is 0. The van der Waals surface area contributed by atoms with Crippen LogP contribution in [0, 0.1) is 19.1 Å². The molecule has 46 heavy (non-hydrogen) atoms. The van der Waals surface area contributed by atoms with Crippen LogP contribution in [0.1, 0.15) is 5.56 Å². The maximum atomic E-state index is 4.75. The first-order chi connectivity index (χ1) is 22.2. The van der Waals surface area contributed by atoms with Crippen molar-refractivity contribution < 1.29 is 20.1 Å². The third-order valence-electron chi connectivity index (χ3n) is 7.99. The molecule has 0 amide bonds. The van der Waals surface area contributed by atoms with E-state index in [-0.39, 0.29) is 20.1 Å². The van der Waals surface area contributed by atoms with Gasteiger partial charge in [0.2, 0.25) is 0 Å². The molecule has 0 N–H and O–H groups in total. The molecule has 6 aromatic carbocycles. The number of benzene rings is 6. The summed E-state index contributed by atoms with van der Waals surface area (Å²) in [6.45, 7) is 2.11. The van der Waals surface area contributed by atoms with E-state index in [1.165, 1.54) is 49.4 Å². The number of aromatic nitrogens is 2. The molecule has 1 radical (unpaired) electrons. The van der Waals surface area contributed by atoms with Crippen molar-refractivity contribution in [1.29, 1.82) is 0 Å². The van der Waals surface area contributed by atoms with Crippen LogP contribution in [-0.4, -0.2) is 9.97 Å². The molecule has 8 rings (SSSR count). The first kappa shape index (κ1) is 30.8. The number of hydrogen-bond donors (Lipinski definition) is 0. The predicted octanol–water partition coefficient (Wildman–Crippen LogP) is 11.0. The van der Waals surface area contributed by atoms with Crippen molar-refractivity contribution in [2.75, 3.05) is 0 Å². The zero-order valence-corrected chi connectivity index (χ0v) is 27.7. The van der Waals surface area contributed by atoms with E-state index in [1.807, 2.05) is 60.8 Å². The zero-order valence-electron chi connectivity index (χ0n) is 25.3. The quantitative estimate of drug-likeness (QED) is 0.132. The second-order valence-corrected chi connectivity index (χ2v) is 10.9. The van der Waals surface area contributed by atoms with Crippen LogP contribution in [0.5, 0.6) is 0 Å². The first-order valence-corrected chi connectivity index (χ1v) is 15.1. The molecule has 223 valence electrons. The van der Waals surface area contributed by atoms with E-state index in [0.29, 0.717) is 0 Å². The van der Waals surface area contributed by atoms with E-state index in [0.717, 1.165) is 22.5 Å². The maximum absolute atomic E-state index is 4.75. The summed E-state index contributed by atoms with van der Waals surface area (Å²) in [7, 11) is 0. The molecule has 0 saturated heterocycles. The van der Waals surface area contributed by atoms with Crippen LogP contribution >= 0.6 is 0 Å². The molecule has 2 nitrogen and oxygen atoms in total. The summed E-state index contributed by atoms with van der Waals surface area (Å²) in [6, 6.07) is 58.8. The van der Waals surface area contributed by atoms with E-state index in [1.54, 1.807) is 6.20 Å². The summed E-state index contributed by atoms with van der Waals surface area (Å²) >= 11 is 0. The van der Waals surface area contributed by atoms with Gasteiger partial charge >= 0.3 is 0 Å². The molecule has 0 spiro atoms. The van der Waals surface area contributed by atoms with Gasteiger partial charge in [0.05, 0.1) is 0 Å². The minimum absolute atomic E-state index is 0. The van der Waals surface area contributed by atoms with Gasteiger partial charge in [-0.1, -0.05) is 97.1 Å². The number of aryl methyl sites for hydroxylation is 1. The normalized spacial score (nSPS) is 10.5. The van der Waals surface area contributed by atoms with Crippen molar-refractivity contribution in [2.45, 2.75) is 6.92 Å². The molecular weight excluding hydrogens is 737 g/mol. The topological polar surface area (TPSA) is 25.8 Å². The molecule has 0 aliphatic heterocycles. The van der Waals surface area contributed by atoms with Gasteiger partial charge in [-0.2, -0.15) is 0 Å². The van der Waals surface area contributed by atoms with Gasteiger partial charge in [0.1, 0.15) is 0 Å². The summed E-state index contributed by atoms with van der Waals surface area (Å²) in [6.07, 6.45) is 3.75. The van der Waals surface area contributed by atoms with Gasteiger partial charge < -0.3 is 9.97 Å². The molecular formula is C43H30IrN2-2. The molecule has 0 unspecified atom stereocenters. The summed E-state index contributed by atoms with van der Waals surface area (Å²) in [4.78, 5) is 8.97. The SMILES string of the molecule is Cc1cnc(-c2[c-]ccc(-c3cc4ccccc4c4ccccc34)c2)cc1-c1ccccc1.[Ir].[c-]1ccccc1-c1ccccn1. The van der Waals surface area contributed by atoms with Crippen LogP contribution in [0.2, 0.25) is 0 Å². The largest absolute Gasteiger partial charge is 0.305 e. The first-order valence-electron chi connectivity index (χ1n) is 15.1. The van der Waals surface area contributed by atoms with Crippen LogP contribution in [0.4, 0.5) is 0 Å². The monoisotopic (exact) mass is 767 g/mol. The van der Waals surface area contributed by atoms with Crippen molar-refractivity contribution >= 4 is 21.5 Å². The molecule has 2 aromatic heterocycles. The second kappa shape index (κ2) is 14.3. The molecule has 0 atom stereocenters. The molecule has 8 aromatic rings. The minimum atomic E-state index is 0. The Hall–Kier alpha value is -5.21. The summed E-state index contributed by atoms with van der Waals surface area (Å²) in [5.41, 5.74) is 9.93. The average Bonchev–Trinajstić information content (AvgIpc) is 3.13. The third kappa shape index (κ3) is 6.57. The number of nitrogens with zero attached hydrogens (tertiary/aromatic N) is 2. The Labute approximate surface area is 283 Å². The van der Waals surface area contributed by atoms with Gasteiger partial charge in [-0.25, -0.2) is 0 Å². The fourth-order valence-corrected chi connectivity index (χ4v) is 5.75. The van der Waals surface area contributed by atoms with Crippen LogP contribution < -0.4 is 0 Å². The summed E-state index contributed by atoms with van der Waals surface area (Å²) in [5, 5.41) is 5.07. The van der Waals surface area contributed by atoms with Crippen molar-refractivity contribution in [3.05, 3.63) is 182 Å². The Bertz CT molecular complexity index is 2180. The maximum Gasteiger partial charge on any atom is 0.0196 e. The summed E-state index contributed by atoms with van der Waals surface area (Å²) < 4.78 is 0. The standard InChI is InChI=1S/C32H22N.C11H8N.Ir/c1-22-21-33-32(20-30(22)23-10-3-2-4-11-23)26-14-9-13-24(18-26)31-19-25-12-5-6-15-27(25)28-16-7-8-17-29(28)31;1-2-6-10(7-3-1)11-8-4-5-9-12-11;/h2-13,15-21H,1H3;1-6,8-9H;/q2*-1;. The number of fused-ring (bicyclic) bond motifs is 3. The van der Waals surface area contributed by atoms with Crippen LogP contribution in [-0.2, 0) is 20.1 Å². The van der Waals surface area contributed by atoms with Gasteiger partial charge in [-0.3, -0.25) is 0 Å².